The largest absolute Gasteiger partial charge is 0.495 e. The van der Waals surface area contributed by atoms with Gasteiger partial charge in [-0.1, -0.05) is 12.1 Å². The molecule has 22 heavy (non-hydrogen) atoms. The molecule has 0 aliphatic rings. The van der Waals surface area contributed by atoms with Crippen LogP contribution in [-0.2, 0) is 7.05 Å². The van der Waals surface area contributed by atoms with Gasteiger partial charge in [-0.2, -0.15) is 0 Å². The van der Waals surface area contributed by atoms with Gasteiger partial charge in [0.25, 0.3) is 5.56 Å². The Morgan fingerprint density at radius 1 is 1.23 bits per heavy atom. The highest BCUT2D eigenvalue weighted by Gasteiger charge is 2.13. The van der Waals surface area contributed by atoms with Gasteiger partial charge in [0.2, 0.25) is 0 Å². The van der Waals surface area contributed by atoms with E-state index in [0.717, 1.165) is 4.57 Å². The van der Waals surface area contributed by atoms with E-state index in [0.29, 0.717) is 11.4 Å². The van der Waals surface area contributed by atoms with Gasteiger partial charge in [-0.3, -0.25) is 9.36 Å². The molecule has 0 spiro atoms. The molecule has 0 N–H and O–H groups in total. The van der Waals surface area contributed by atoms with Crippen LogP contribution in [0, 0.1) is 0 Å². The van der Waals surface area contributed by atoms with E-state index in [1.807, 2.05) is 0 Å². The molecule has 1 aromatic carbocycles. The molecule has 7 heteroatoms. The highest BCUT2D eigenvalue weighted by Crippen LogP contribution is 2.24. The number of methoxy groups -OCH3 is 1. The van der Waals surface area contributed by atoms with E-state index in [1.165, 1.54) is 31.1 Å². The van der Waals surface area contributed by atoms with E-state index in [2.05, 4.69) is 4.99 Å². The zero-order valence-electron chi connectivity index (χ0n) is 13.0. The number of rotatable bonds is 4. The fourth-order valence-corrected chi connectivity index (χ4v) is 1.92. The molecule has 0 unspecified atom stereocenters. The summed E-state index contributed by atoms with van der Waals surface area (Å²) >= 11 is 0. The summed E-state index contributed by atoms with van der Waals surface area (Å²) < 4.78 is 7.67. The minimum atomic E-state index is -0.483. The Hall–Kier alpha value is -2.83. The quantitative estimate of drug-likeness (QED) is 0.618. The van der Waals surface area contributed by atoms with Crippen molar-refractivity contribution >= 4 is 12.2 Å². The number of hydrogen-bond acceptors (Lipinski definition) is 4. The Bertz CT molecular complexity index is 818. The van der Waals surface area contributed by atoms with Crippen LogP contribution >= 0.6 is 0 Å². The van der Waals surface area contributed by atoms with Crippen LogP contribution in [0.3, 0.4) is 0 Å². The third-order valence-corrected chi connectivity index (χ3v) is 3.04. The minimum Gasteiger partial charge on any atom is -0.495 e. The average Bonchev–Trinajstić information content (AvgIpc) is 2.50. The van der Waals surface area contributed by atoms with Gasteiger partial charge in [0.1, 0.15) is 11.6 Å². The zero-order valence-corrected chi connectivity index (χ0v) is 13.0. The molecule has 7 nitrogen and oxygen atoms in total. The van der Waals surface area contributed by atoms with Crippen molar-refractivity contribution in [3.05, 3.63) is 51.2 Å². The first kappa shape index (κ1) is 15.6. The van der Waals surface area contributed by atoms with Gasteiger partial charge in [0, 0.05) is 27.2 Å². The Morgan fingerprint density at radius 2 is 1.91 bits per heavy atom. The molecule has 0 saturated heterocycles. The summed E-state index contributed by atoms with van der Waals surface area (Å²) in [6.07, 6.45) is 1.53. The number of hydrogen-bond donors (Lipinski definition) is 0. The van der Waals surface area contributed by atoms with E-state index in [4.69, 9.17) is 4.74 Å². The summed E-state index contributed by atoms with van der Waals surface area (Å²) in [5.74, 6) is 0.760. The van der Waals surface area contributed by atoms with Gasteiger partial charge in [-0.25, -0.2) is 14.4 Å². The second-order valence-corrected chi connectivity index (χ2v) is 4.90. The molecule has 0 amide bonds. The number of benzene rings is 1. The lowest BCUT2D eigenvalue weighted by atomic mass is 10.3. The number of aliphatic imine (C=N–C) groups is 1. The van der Waals surface area contributed by atoms with E-state index in [1.54, 1.807) is 43.3 Å². The van der Waals surface area contributed by atoms with Crippen molar-refractivity contribution in [3.8, 4) is 11.4 Å². The minimum absolute atomic E-state index is 0.242. The number of aromatic nitrogens is 2. The monoisotopic (exact) mass is 302 g/mol. The highest BCUT2D eigenvalue weighted by molar-refractivity contribution is 5.61. The lowest BCUT2D eigenvalue weighted by molar-refractivity contribution is 0.412. The summed E-state index contributed by atoms with van der Waals surface area (Å²) in [4.78, 5) is 30.3. The average molecular weight is 302 g/mol. The molecule has 0 aliphatic carbocycles. The summed E-state index contributed by atoms with van der Waals surface area (Å²) in [6.45, 7) is 0. The summed E-state index contributed by atoms with van der Waals surface area (Å²) in [6, 6.07) is 8.38. The van der Waals surface area contributed by atoms with Crippen LogP contribution in [0.1, 0.15) is 0 Å². The maximum Gasteiger partial charge on any atom is 0.337 e. The third-order valence-electron chi connectivity index (χ3n) is 3.04. The van der Waals surface area contributed by atoms with E-state index in [-0.39, 0.29) is 5.82 Å². The van der Waals surface area contributed by atoms with Gasteiger partial charge in [0.15, 0.2) is 0 Å². The van der Waals surface area contributed by atoms with Crippen LogP contribution in [0.25, 0.3) is 5.69 Å². The first-order valence-corrected chi connectivity index (χ1v) is 6.63. The molecule has 0 saturated carbocycles. The molecule has 0 bridgehead atoms. The Labute approximate surface area is 127 Å². The first-order chi connectivity index (χ1) is 10.5. The zero-order chi connectivity index (χ0) is 16.3. The predicted octanol–water partition coefficient (Wildman–Crippen LogP) is 0.766. The van der Waals surface area contributed by atoms with Crippen molar-refractivity contribution in [3.63, 3.8) is 0 Å². The number of nitrogens with zero attached hydrogens (tertiary/aromatic N) is 4. The molecule has 0 radical (unpaired) electrons. The van der Waals surface area contributed by atoms with Crippen LogP contribution < -0.4 is 16.0 Å². The van der Waals surface area contributed by atoms with Crippen LogP contribution in [0.2, 0.25) is 0 Å². The molecule has 0 fully saturated rings. The fourth-order valence-electron chi connectivity index (χ4n) is 1.92. The molecule has 2 aromatic rings. The summed E-state index contributed by atoms with van der Waals surface area (Å²) in [7, 11) is 6.55. The first-order valence-electron chi connectivity index (χ1n) is 6.63. The standard InChI is InChI=1S/C15H18N4O3/c1-17(2)10-16-13-9-14(20)18(3)15(21)19(13)11-7-5-6-8-12(11)22-4/h5-10H,1-4H3/b16-10+. The van der Waals surface area contributed by atoms with Gasteiger partial charge >= 0.3 is 5.69 Å². The van der Waals surface area contributed by atoms with E-state index < -0.39 is 11.2 Å². The van der Waals surface area contributed by atoms with E-state index in [9.17, 15) is 9.59 Å². The van der Waals surface area contributed by atoms with Gasteiger partial charge in [-0.15, -0.1) is 0 Å². The van der Waals surface area contributed by atoms with Gasteiger partial charge in [0.05, 0.1) is 19.1 Å². The topological polar surface area (TPSA) is 68.8 Å². The predicted molar refractivity (Wildman–Crippen MR) is 85.7 cm³/mol. The SMILES string of the molecule is COc1ccccc1-n1c(/N=C/N(C)C)cc(=O)n(C)c1=O. The van der Waals surface area contributed by atoms with Crippen LogP contribution in [-0.4, -0.2) is 41.6 Å². The maximum atomic E-state index is 12.5. The summed E-state index contributed by atoms with van der Waals surface area (Å²) in [5, 5.41) is 0. The molecular formula is C15H18N4O3. The van der Waals surface area contributed by atoms with Crippen molar-refractivity contribution in [2.24, 2.45) is 12.0 Å². The molecular weight excluding hydrogens is 284 g/mol. The maximum absolute atomic E-state index is 12.5. The van der Waals surface area contributed by atoms with Crippen LogP contribution in [0.15, 0.2) is 44.9 Å². The van der Waals surface area contributed by atoms with Crippen molar-refractivity contribution in [1.29, 1.82) is 0 Å². The van der Waals surface area contributed by atoms with Gasteiger partial charge < -0.3 is 9.64 Å². The Morgan fingerprint density at radius 3 is 2.55 bits per heavy atom. The molecule has 0 aliphatic heterocycles. The van der Waals surface area contributed by atoms with Gasteiger partial charge in [-0.05, 0) is 12.1 Å². The number of ether oxygens (including phenoxy) is 1. The number of para-hydroxylation sites is 2. The fraction of sp³-hybridized carbons (Fsp3) is 0.267. The molecule has 0 atom stereocenters. The van der Waals surface area contributed by atoms with E-state index >= 15 is 0 Å². The van der Waals surface area contributed by atoms with Crippen LogP contribution in [0.4, 0.5) is 5.82 Å². The molecule has 1 heterocycles. The summed E-state index contributed by atoms with van der Waals surface area (Å²) in [5.41, 5.74) is -0.374. The second-order valence-electron chi connectivity index (χ2n) is 4.90. The Kier molecular flexibility index (Phi) is 4.45. The van der Waals surface area contributed by atoms with Crippen molar-refractivity contribution < 1.29 is 4.74 Å². The van der Waals surface area contributed by atoms with Crippen LogP contribution in [0.5, 0.6) is 5.75 Å². The lowest BCUT2D eigenvalue weighted by Gasteiger charge is -2.14. The third kappa shape index (κ3) is 2.93. The lowest BCUT2D eigenvalue weighted by Crippen LogP contribution is -2.36. The van der Waals surface area contributed by atoms with Crippen molar-refractivity contribution in [2.45, 2.75) is 0 Å². The van der Waals surface area contributed by atoms with Crippen molar-refractivity contribution in [1.82, 2.24) is 14.0 Å². The Balaban J connectivity index is 2.81. The molecule has 116 valence electrons. The highest BCUT2D eigenvalue weighted by atomic mass is 16.5. The second kappa shape index (κ2) is 6.30. The molecule has 1 aromatic heterocycles. The smallest absolute Gasteiger partial charge is 0.337 e. The normalized spacial score (nSPS) is 10.9. The van der Waals surface area contributed by atoms with Crippen molar-refractivity contribution in [2.75, 3.05) is 21.2 Å². The molecule has 2 rings (SSSR count).